The van der Waals surface area contributed by atoms with Gasteiger partial charge in [-0.2, -0.15) is 0 Å². The van der Waals surface area contributed by atoms with Gasteiger partial charge >= 0.3 is 23.5 Å². The number of rotatable bonds is 10. The van der Waals surface area contributed by atoms with Crippen LogP contribution in [-0.2, 0) is 20.8 Å². The molecule has 168 valence electrons. The number of aryl methyl sites for hydroxylation is 1. The van der Waals surface area contributed by atoms with Gasteiger partial charge in [0.2, 0.25) is 5.91 Å². The highest BCUT2D eigenvalue weighted by Crippen LogP contribution is 2.34. The molecular weight excluding hydrogens is 432 g/mol. The van der Waals surface area contributed by atoms with Crippen LogP contribution in [0.1, 0.15) is 45.9 Å². The Morgan fingerprint density at radius 1 is 1.23 bits per heavy atom. The molecule has 0 unspecified atom stereocenters. The fourth-order valence-corrected chi connectivity index (χ4v) is 3.73. The first-order valence-corrected chi connectivity index (χ1v) is 10.1. The Morgan fingerprint density at radius 3 is 2.42 bits per heavy atom. The first-order chi connectivity index (χ1) is 14.7. The second-order valence-electron chi connectivity index (χ2n) is 6.04. The topological polar surface area (TPSA) is 152 Å². The molecule has 1 amide bonds. The third-order valence-corrected chi connectivity index (χ3v) is 5.20. The van der Waals surface area contributed by atoms with Crippen LogP contribution in [0.3, 0.4) is 0 Å². The summed E-state index contributed by atoms with van der Waals surface area (Å²) in [5.74, 6) is -1.93. The summed E-state index contributed by atoms with van der Waals surface area (Å²) < 4.78 is 16.1. The molecule has 2 aromatic heterocycles. The van der Waals surface area contributed by atoms with E-state index in [2.05, 4.69) is 10.4 Å². The summed E-state index contributed by atoms with van der Waals surface area (Å²) in [6.45, 7) is 5.17. The molecule has 13 heteroatoms. The molecule has 0 bridgehead atoms. The van der Waals surface area contributed by atoms with Crippen molar-refractivity contribution >= 4 is 39.9 Å². The summed E-state index contributed by atoms with van der Waals surface area (Å²) in [5, 5.41) is 17.6. The van der Waals surface area contributed by atoms with Crippen LogP contribution in [-0.4, -0.2) is 52.9 Å². The molecule has 0 saturated heterocycles. The normalized spacial score (nSPS) is 10.5. The second kappa shape index (κ2) is 10.5. The van der Waals surface area contributed by atoms with E-state index in [-0.39, 0.29) is 53.2 Å². The minimum absolute atomic E-state index is 0.0276. The van der Waals surface area contributed by atoms with E-state index in [0.717, 1.165) is 17.5 Å². The number of anilines is 1. The first kappa shape index (κ1) is 23.8. The number of thiophene rings is 1. The summed E-state index contributed by atoms with van der Waals surface area (Å²) in [5.41, 5.74) is 0.116. The van der Waals surface area contributed by atoms with Gasteiger partial charge in [-0.1, -0.05) is 0 Å². The summed E-state index contributed by atoms with van der Waals surface area (Å²) >= 11 is 0.913. The maximum absolute atomic E-state index is 12.5. The summed E-state index contributed by atoms with van der Waals surface area (Å²) in [4.78, 5) is 47.5. The zero-order valence-corrected chi connectivity index (χ0v) is 18.2. The van der Waals surface area contributed by atoms with E-state index in [9.17, 15) is 24.5 Å². The standard InChI is InChI=1S/C18H22N4O8S/c1-5-29-17(24)13-10(3)14(18(25)30-6-2)31-16(13)19-12(23)7-8-21-9-11(22(26)27)15(20-21)28-4/h9H,5-8H2,1-4H3,(H,19,23). The lowest BCUT2D eigenvalue weighted by atomic mass is 10.1. The van der Waals surface area contributed by atoms with E-state index >= 15 is 0 Å². The Balaban J connectivity index is 2.19. The van der Waals surface area contributed by atoms with Crippen molar-refractivity contribution < 1.29 is 33.5 Å². The number of hydrogen-bond donors (Lipinski definition) is 1. The monoisotopic (exact) mass is 454 g/mol. The van der Waals surface area contributed by atoms with Crippen molar-refractivity contribution in [2.75, 3.05) is 25.6 Å². The number of nitrogens with zero attached hydrogens (tertiary/aromatic N) is 3. The molecule has 12 nitrogen and oxygen atoms in total. The average Bonchev–Trinajstić information content (AvgIpc) is 3.27. The molecule has 0 radical (unpaired) electrons. The fraction of sp³-hybridized carbons (Fsp3) is 0.444. The lowest BCUT2D eigenvalue weighted by Crippen LogP contribution is -2.16. The maximum atomic E-state index is 12.5. The van der Waals surface area contributed by atoms with Gasteiger partial charge in [-0.15, -0.1) is 16.4 Å². The largest absolute Gasteiger partial charge is 0.475 e. The zero-order chi connectivity index (χ0) is 23.1. The molecule has 0 saturated carbocycles. The number of carbonyl (C=O) groups is 3. The molecule has 2 rings (SSSR count). The molecular formula is C18H22N4O8S. The van der Waals surface area contributed by atoms with Gasteiger partial charge in [0.1, 0.15) is 16.1 Å². The molecule has 1 N–H and O–H groups in total. The second-order valence-corrected chi connectivity index (χ2v) is 7.06. The van der Waals surface area contributed by atoms with Crippen LogP contribution in [0.5, 0.6) is 5.88 Å². The lowest BCUT2D eigenvalue weighted by molar-refractivity contribution is -0.385. The van der Waals surface area contributed by atoms with Gasteiger partial charge < -0.3 is 19.5 Å². The molecule has 2 aromatic rings. The highest BCUT2D eigenvalue weighted by molar-refractivity contribution is 7.18. The van der Waals surface area contributed by atoms with E-state index < -0.39 is 22.8 Å². The van der Waals surface area contributed by atoms with E-state index in [1.807, 2.05) is 0 Å². The van der Waals surface area contributed by atoms with E-state index in [4.69, 9.17) is 14.2 Å². The van der Waals surface area contributed by atoms with Crippen LogP contribution in [0.25, 0.3) is 0 Å². The van der Waals surface area contributed by atoms with Crippen LogP contribution >= 0.6 is 11.3 Å². The number of hydrogen-bond acceptors (Lipinski definition) is 10. The van der Waals surface area contributed by atoms with Crippen LogP contribution < -0.4 is 10.1 Å². The van der Waals surface area contributed by atoms with Gasteiger partial charge in [-0.05, 0) is 26.3 Å². The average molecular weight is 454 g/mol. The zero-order valence-electron chi connectivity index (χ0n) is 17.4. The van der Waals surface area contributed by atoms with E-state index in [1.54, 1.807) is 20.8 Å². The van der Waals surface area contributed by atoms with Crippen molar-refractivity contribution in [2.24, 2.45) is 0 Å². The summed E-state index contributed by atoms with van der Waals surface area (Å²) in [7, 11) is 1.25. The highest BCUT2D eigenvalue weighted by atomic mass is 32.1. The summed E-state index contributed by atoms with van der Waals surface area (Å²) in [6.07, 6.45) is 1.06. The Hall–Kier alpha value is -3.48. The molecule has 0 aromatic carbocycles. The number of aromatic nitrogens is 2. The van der Waals surface area contributed by atoms with Gasteiger partial charge in [0.25, 0.3) is 0 Å². The van der Waals surface area contributed by atoms with Gasteiger partial charge in [0.05, 0.1) is 37.4 Å². The molecule has 0 fully saturated rings. The van der Waals surface area contributed by atoms with E-state index in [0.29, 0.717) is 5.56 Å². The Bertz CT molecular complexity index is 997. The number of methoxy groups -OCH3 is 1. The van der Waals surface area contributed by atoms with Crippen molar-refractivity contribution in [3.63, 3.8) is 0 Å². The van der Waals surface area contributed by atoms with Crippen molar-refractivity contribution in [3.8, 4) is 5.88 Å². The molecule has 0 atom stereocenters. The van der Waals surface area contributed by atoms with Crippen LogP contribution in [0, 0.1) is 17.0 Å². The van der Waals surface area contributed by atoms with Crippen molar-refractivity contribution in [1.29, 1.82) is 0 Å². The minimum atomic E-state index is -0.672. The number of amides is 1. The van der Waals surface area contributed by atoms with Gasteiger partial charge in [-0.25, -0.2) is 9.59 Å². The van der Waals surface area contributed by atoms with Gasteiger partial charge in [0, 0.05) is 6.42 Å². The number of nitro groups is 1. The maximum Gasteiger partial charge on any atom is 0.350 e. The van der Waals surface area contributed by atoms with Crippen molar-refractivity contribution in [1.82, 2.24) is 9.78 Å². The fourth-order valence-electron chi connectivity index (χ4n) is 2.63. The molecule has 2 heterocycles. The number of nitrogens with one attached hydrogen (secondary N) is 1. The van der Waals surface area contributed by atoms with Crippen molar-refractivity contribution in [2.45, 2.75) is 33.7 Å². The minimum Gasteiger partial charge on any atom is -0.475 e. The predicted molar refractivity (Wildman–Crippen MR) is 110 cm³/mol. The van der Waals surface area contributed by atoms with Crippen LogP contribution in [0.15, 0.2) is 6.20 Å². The highest BCUT2D eigenvalue weighted by Gasteiger charge is 2.27. The van der Waals surface area contributed by atoms with Crippen LogP contribution in [0.2, 0.25) is 0 Å². The number of ether oxygens (including phenoxy) is 3. The first-order valence-electron chi connectivity index (χ1n) is 9.26. The molecule has 31 heavy (non-hydrogen) atoms. The van der Waals surface area contributed by atoms with Crippen LogP contribution in [0.4, 0.5) is 10.7 Å². The smallest absolute Gasteiger partial charge is 0.350 e. The third-order valence-electron chi connectivity index (χ3n) is 4.01. The predicted octanol–water partition coefficient (Wildman–Crippen LogP) is 2.55. The third kappa shape index (κ3) is 5.57. The molecule has 0 aliphatic heterocycles. The summed E-state index contributed by atoms with van der Waals surface area (Å²) in [6, 6.07) is 0. The molecule has 0 spiro atoms. The van der Waals surface area contributed by atoms with Gasteiger partial charge in [-0.3, -0.25) is 19.6 Å². The Morgan fingerprint density at radius 2 is 1.87 bits per heavy atom. The number of esters is 2. The Labute approximate surface area is 181 Å². The molecule has 0 aliphatic rings. The lowest BCUT2D eigenvalue weighted by Gasteiger charge is -2.07. The van der Waals surface area contributed by atoms with Crippen molar-refractivity contribution in [3.05, 3.63) is 32.3 Å². The van der Waals surface area contributed by atoms with Gasteiger partial charge in [0.15, 0.2) is 0 Å². The SMILES string of the molecule is CCOC(=O)c1sc(NC(=O)CCn2cc([N+](=O)[O-])c(OC)n2)c(C(=O)OCC)c1C. The number of carbonyl (C=O) groups excluding carboxylic acids is 3. The quantitative estimate of drug-likeness (QED) is 0.324. The molecule has 0 aliphatic carbocycles. The van der Waals surface area contributed by atoms with E-state index in [1.165, 1.54) is 11.8 Å². The Kier molecular flexibility index (Phi) is 8.07.